The van der Waals surface area contributed by atoms with Gasteiger partial charge in [0.2, 0.25) is 0 Å². The lowest BCUT2D eigenvalue weighted by Crippen LogP contribution is -2.20. The van der Waals surface area contributed by atoms with E-state index in [1.54, 1.807) is 29.0 Å². The van der Waals surface area contributed by atoms with E-state index in [2.05, 4.69) is 25.6 Å². The van der Waals surface area contributed by atoms with Crippen LogP contribution in [-0.4, -0.2) is 37.3 Å². The third-order valence-electron chi connectivity index (χ3n) is 4.79. The number of nitrogens with zero attached hydrogens (tertiary/aromatic N) is 5. The van der Waals surface area contributed by atoms with Gasteiger partial charge in [-0.2, -0.15) is 9.61 Å². The monoisotopic (exact) mass is 440 g/mol. The van der Waals surface area contributed by atoms with Gasteiger partial charge in [0, 0.05) is 35.3 Å². The normalized spacial score (nSPS) is 10.8. The highest BCUT2D eigenvalue weighted by atomic mass is 19.1. The van der Waals surface area contributed by atoms with E-state index in [1.165, 1.54) is 18.2 Å². The Balaban J connectivity index is 1.35. The Kier molecular flexibility index (Phi) is 5.42. The Morgan fingerprint density at radius 1 is 0.970 bits per heavy atom. The molecule has 0 aliphatic carbocycles. The number of aromatic nitrogens is 5. The number of ether oxygens (including phenoxy) is 1. The maximum Gasteiger partial charge on any atom is 0.262 e. The molecule has 0 unspecified atom stereocenters. The zero-order chi connectivity index (χ0) is 22.6. The molecule has 8 nitrogen and oxygen atoms in total. The number of carbonyl (C=O) groups excluding carboxylic acids is 1. The van der Waals surface area contributed by atoms with Crippen LogP contribution in [0.4, 0.5) is 10.1 Å². The third-order valence-corrected chi connectivity index (χ3v) is 4.79. The van der Waals surface area contributed by atoms with Gasteiger partial charge in [0.05, 0.1) is 5.69 Å². The van der Waals surface area contributed by atoms with Crippen LogP contribution >= 0.6 is 0 Å². The second kappa shape index (κ2) is 8.83. The Labute approximate surface area is 187 Å². The van der Waals surface area contributed by atoms with Crippen molar-refractivity contribution in [1.29, 1.82) is 0 Å². The molecule has 0 atom stereocenters. The average Bonchev–Trinajstić information content (AvgIpc) is 3.27. The molecule has 0 radical (unpaired) electrons. The van der Waals surface area contributed by atoms with Gasteiger partial charge >= 0.3 is 0 Å². The standard InChI is InChI=1S/C24H17FN6O2/c25-18-6-2-8-20(13-18)33-15-23(32)27-19-7-1-4-16(12-19)21-9-10-22-28-29-24(31(22)30-21)17-5-3-11-26-14-17/h1-14H,15H2,(H,27,32). The molecule has 1 N–H and O–H groups in total. The van der Waals surface area contributed by atoms with Crippen molar-refractivity contribution in [1.82, 2.24) is 24.8 Å². The minimum absolute atomic E-state index is 0.243. The molecule has 3 heterocycles. The maximum atomic E-state index is 13.2. The summed E-state index contributed by atoms with van der Waals surface area (Å²) in [5.41, 5.74) is 3.47. The molecule has 3 aromatic heterocycles. The molecule has 0 fully saturated rings. The van der Waals surface area contributed by atoms with E-state index in [-0.39, 0.29) is 18.3 Å². The number of halogens is 1. The highest BCUT2D eigenvalue weighted by Crippen LogP contribution is 2.23. The van der Waals surface area contributed by atoms with E-state index in [9.17, 15) is 9.18 Å². The van der Waals surface area contributed by atoms with Crippen molar-refractivity contribution in [2.45, 2.75) is 0 Å². The molecule has 0 aliphatic rings. The second-order valence-corrected chi connectivity index (χ2v) is 7.13. The third kappa shape index (κ3) is 4.52. The minimum atomic E-state index is -0.426. The molecular formula is C24H17FN6O2. The number of benzene rings is 2. The molecule has 0 aliphatic heterocycles. The minimum Gasteiger partial charge on any atom is -0.484 e. The Morgan fingerprint density at radius 2 is 1.85 bits per heavy atom. The molecule has 0 spiro atoms. The molecular weight excluding hydrogens is 423 g/mol. The van der Waals surface area contributed by atoms with Crippen molar-refractivity contribution in [3.8, 4) is 28.4 Å². The Bertz CT molecular complexity index is 1440. The van der Waals surface area contributed by atoms with E-state index in [1.807, 2.05) is 42.5 Å². The highest BCUT2D eigenvalue weighted by molar-refractivity contribution is 5.92. The fraction of sp³-hybridized carbons (Fsp3) is 0.0417. The predicted molar refractivity (Wildman–Crippen MR) is 120 cm³/mol. The first-order valence-electron chi connectivity index (χ1n) is 10.1. The molecule has 0 bridgehead atoms. The van der Waals surface area contributed by atoms with Gasteiger partial charge in [0.1, 0.15) is 11.6 Å². The number of hydrogen-bond acceptors (Lipinski definition) is 6. The Hall–Kier alpha value is -4.66. The van der Waals surface area contributed by atoms with E-state index in [0.29, 0.717) is 22.9 Å². The topological polar surface area (TPSA) is 94.3 Å². The Morgan fingerprint density at radius 3 is 2.70 bits per heavy atom. The van der Waals surface area contributed by atoms with Crippen LogP contribution in [0.5, 0.6) is 5.75 Å². The van der Waals surface area contributed by atoms with Gasteiger partial charge in [0.25, 0.3) is 5.91 Å². The average molecular weight is 440 g/mol. The van der Waals surface area contributed by atoms with Crippen LogP contribution in [0.25, 0.3) is 28.3 Å². The number of anilines is 1. The van der Waals surface area contributed by atoms with Crippen LogP contribution in [0.3, 0.4) is 0 Å². The van der Waals surface area contributed by atoms with Crippen LogP contribution in [0, 0.1) is 5.82 Å². The summed E-state index contributed by atoms with van der Waals surface area (Å²) < 4.78 is 20.2. The van der Waals surface area contributed by atoms with Crippen molar-refractivity contribution in [3.05, 3.63) is 91.0 Å². The van der Waals surface area contributed by atoms with Gasteiger partial charge in [-0.25, -0.2) is 4.39 Å². The first-order valence-corrected chi connectivity index (χ1v) is 10.1. The first-order chi connectivity index (χ1) is 16.2. The summed E-state index contributed by atoms with van der Waals surface area (Å²) in [6.07, 6.45) is 3.39. The van der Waals surface area contributed by atoms with Gasteiger partial charge in [-0.3, -0.25) is 9.78 Å². The van der Waals surface area contributed by atoms with Crippen LogP contribution < -0.4 is 10.1 Å². The van der Waals surface area contributed by atoms with Crippen LogP contribution in [0.2, 0.25) is 0 Å². The van der Waals surface area contributed by atoms with E-state index < -0.39 is 5.82 Å². The number of nitrogens with one attached hydrogen (secondary N) is 1. The van der Waals surface area contributed by atoms with E-state index >= 15 is 0 Å². The van der Waals surface area contributed by atoms with Crippen molar-refractivity contribution >= 4 is 17.2 Å². The van der Waals surface area contributed by atoms with Gasteiger partial charge in [-0.05, 0) is 48.5 Å². The lowest BCUT2D eigenvalue weighted by molar-refractivity contribution is -0.118. The quantitative estimate of drug-likeness (QED) is 0.429. The maximum absolute atomic E-state index is 13.2. The molecule has 9 heteroatoms. The molecule has 33 heavy (non-hydrogen) atoms. The van der Waals surface area contributed by atoms with Crippen molar-refractivity contribution in [2.75, 3.05) is 11.9 Å². The van der Waals surface area contributed by atoms with Gasteiger partial charge in [0.15, 0.2) is 18.1 Å². The summed E-state index contributed by atoms with van der Waals surface area (Å²) in [6, 6.07) is 20.3. The number of amides is 1. The number of hydrogen-bond donors (Lipinski definition) is 1. The molecule has 0 saturated heterocycles. The van der Waals surface area contributed by atoms with Crippen LogP contribution in [-0.2, 0) is 4.79 Å². The van der Waals surface area contributed by atoms with Crippen molar-refractivity contribution in [2.24, 2.45) is 0 Å². The predicted octanol–water partition coefficient (Wildman–Crippen LogP) is 4.01. The SMILES string of the molecule is O=C(COc1cccc(F)c1)Nc1cccc(-c2ccc3nnc(-c4cccnc4)n3n2)c1. The zero-order valence-electron chi connectivity index (χ0n) is 17.2. The molecule has 2 aromatic carbocycles. The van der Waals surface area contributed by atoms with Gasteiger partial charge in [-0.15, -0.1) is 10.2 Å². The fourth-order valence-electron chi connectivity index (χ4n) is 3.28. The van der Waals surface area contributed by atoms with Gasteiger partial charge in [-0.1, -0.05) is 18.2 Å². The molecule has 5 rings (SSSR count). The first kappa shape index (κ1) is 20.3. The number of carbonyl (C=O) groups is 1. The van der Waals surface area contributed by atoms with Crippen molar-refractivity contribution in [3.63, 3.8) is 0 Å². The summed E-state index contributed by atoms with van der Waals surface area (Å²) in [7, 11) is 0. The van der Waals surface area contributed by atoms with E-state index in [4.69, 9.17) is 4.74 Å². The zero-order valence-corrected chi connectivity index (χ0v) is 17.2. The number of pyridine rings is 1. The molecule has 0 saturated carbocycles. The summed E-state index contributed by atoms with van der Waals surface area (Å²) in [5, 5.41) is 15.8. The number of fused-ring (bicyclic) bond motifs is 1. The highest BCUT2D eigenvalue weighted by Gasteiger charge is 2.12. The van der Waals surface area contributed by atoms with Crippen LogP contribution in [0.15, 0.2) is 85.2 Å². The van der Waals surface area contributed by atoms with Crippen LogP contribution in [0.1, 0.15) is 0 Å². The second-order valence-electron chi connectivity index (χ2n) is 7.13. The fourth-order valence-corrected chi connectivity index (χ4v) is 3.28. The van der Waals surface area contributed by atoms with Gasteiger partial charge < -0.3 is 10.1 Å². The smallest absolute Gasteiger partial charge is 0.262 e. The lowest BCUT2D eigenvalue weighted by atomic mass is 10.1. The molecule has 1 amide bonds. The molecule has 162 valence electrons. The number of rotatable bonds is 6. The lowest BCUT2D eigenvalue weighted by Gasteiger charge is -2.09. The molecule has 5 aromatic rings. The summed E-state index contributed by atoms with van der Waals surface area (Å²) in [6.45, 7) is -0.243. The summed E-state index contributed by atoms with van der Waals surface area (Å²) in [5.74, 6) is 0.0796. The largest absolute Gasteiger partial charge is 0.484 e. The van der Waals surface area contributed by atoms with E-state index in [0.717, 1.165) is 11.1 Å². The summed E-state index contributed by atoms with van der Waals surface area (Å²) >= 11 is 0. The van der Waals surface area contributed by atoms with Crippen molar-refractivity contribution < 1.29 is 13.9 Å². The summed E-state index contributed by atoms with van der Waals surface area (Å²) in [4.78, 5) is 16.4.